The lowest BCUT2D eigenvalue weighted by atomic mass is 9.78. The Balaban J connectivity index is 1.43. The number of carbonyl (C=O) groups is 1. The molecule has 1 spiro atoms. The fourth-order valence-corrected chi connectivity index (χ4v) is 5.39. The SMILES string of the molecule is Cc1cccc(CN2CC[C@]3(CCCN(Cc4ccc(C)s4)C3)C2=O)n1. The van der Waals surface area contributed by atoms with Gasteiger partial charge >= 0.3 is 0 Å². The molecule has 5 heteroatoms. The highest BCUT2D eigenvalue weighted by Gasteiger charge is 2.48. The van der Waals surface area contributed by atoms with E-state index in [1.54, 1.807) is 0 Å². The van der Waals surface area contributed by atoms with Gasteiger partial charge in [0.05, 0.1) is 17.7 Å². The second-order valence-electron chi connectivity index (χ2n) is 7.85. The molecule has 0 bridgehead atoms. The average molecular weight is 370 g/mol. The summed E-state index contributed by atoms with van der Waals surface area (Å²) in [7, 11) is 0. The molecule has 1 atom stereocenters. The number of amides is 1. The van der Waals surface area contributed by atoms with Crippen molar-refractivity contribution in [2.45, 2.75) is 46.2 Å². The molecule has 26 heavy (non-hydrogen) atoms. The van der Waals surface area contributed by atoms with E-state index in [9.17, 15) is 4.79 Å². The number of pyridine rings is 1. The highest BCUT2D eigenvalue weighted by molar-refractivity contribution is 7.11. The van der Waals surface area contributed by atoms with E-state index in [0.717, 1.165) is 56.8 Å². The second-order valence-corrected chi connectivity index (χ2v) is 9.23. The summed E-state index contributed by atoms with van der Waals surface area (Å²) in [6.07, 6.45) is 3.13. The zero-order valence-electron chi connectivity index (χ0n) is 15.7. The van der Waals surface area contributed by atoms with Crippen LogP contribution in [-0.4, -0.2) is 40.3 Å². The molecule has 0 unspecified atom stereocenters. The van der Waals surface area contributed by atoms with E-state index < -0.39 is 0 Å². The summed E-state index contributed by atoms with van der Waals surface area (Å²) in [5, 5.41) is 0. The maximum atomic E-state index is 13.2. The van der Waals surface area contributed by atoms with Crippen LogP contribution in [0.1, 0.15) is 40.4 Å². The van der Waals surface area contributed by atoms with Crippen molar-refractivity contribution < 1.29 is 4.79 Å². The molecule has 2 aliphatic heterocycles. The van der Waals surface area contributed by atoms with E-state index in [2.05, 4.69) is 28.9 Å². The van der Waals surface area contributed by atoms with Crippen LogP contribution in [0.5, 0.6) is 0 Å². The van der Waals surface area contributed by atoms with Gasteiger partial charge in [0, 0.05) is 35.1 Å². The van der Waals surface area contributed by atoms with Gasteiger partial charge in [0.25, 0.3) is 0 Å². The zero-order valence-corrected chi connectivity index (χ0v) is 16.5. The minimum Gasteiger partial charge on any atom is -0.336 e. The van der Waals surface area contributed by atoms with Gasteiger partial charge < -0.3 is 4.90 Å². The Morgan fingerprint density at radius 3 is 2.77 bits per heavy atom. The van der Waals surface area contributed by atoms with Gasteiger partial charge in [0.1, 0.15) is 0 Å². The van der Waals surface area contributed by atoms with E-state index >= 15 is 0 Å². The number of carbonyl (C=O) groups excluding carboxylic acids is 1. The maximum Gasteiger partial charge on any atom is 0.230 e. The first kappa shape index (κ1) is 17.7. The van der Waals surface area contributed by atoms with Gasteiger partial charge in [-0.15, -0.1) is 11.3 Å². The van der Waals surface area contributed by atoms with Crippen LogP contribution < -0.4 is 0 Å². The fraction of sp³-hybridized carbons (Fsp3) is 0.524. The molecule has 2 saturated heterocycles. The number of hydrogen-bond donors (Lipinski definition) is 0. The number of aryl methyl sites for hydroxylation is 2. The second kappa shape index (κ2) is 7.12. The first-order valence-electron chi connectivity index (χ1n) is 9.54. The fourth-order valence-electron chi connectivity index (χ4n) is 4.46. The largest absolute Gasteiger partial charge is 0.336 e. The van der Waals surface area contributed by atoms with Crippen molar-refractivity contribution in [3.8, 4) is 0 Å². The van der Waals surface area contributed by atoms with Gasteiger partial charge in [0.15, 0.2) is 0 Å². The first-order chi connectivity index (χ1) is 12.5. The van der Waals surface area contributed by atoms with Crippen molar-refractivity contribution in [2.75, 3.05) is 19.6 Å². The highest BCUT2D eigenvalue weighted by Crippen LogP contribution is 2.41. The third-order valence-corrected chi connectivity index (χ3v) is 6.72. The van der Waals surface area contributed by atoms with Crippen LogP contribution in [-0.2, 0) is 17.9 Å². The lowest BCUT2D eigenvalue weighted by Crippen LogP contribution is -2.47. The van der Waals surface area contributed by atoms with E-state index in [1.807, 2.05) is 41.4 Å². The lowest BCUT2D eigenvalue weighted by Gasteiger charge is -2.38. The van der Waals surface area contributed by atoms with Crippen molar-refractivity contribution in [1.29, 1.82) is 0 Å². The van der Waals surface area contributed by atoms with Crippen LogP contribution in [0.2, 0.25) is 0 Å². The normalized spacial score (nSPS) is 23.9. The predicted octanol–water partition coefficient (Wildman–Crippen LogP) is 3.77. The molecule has 0 N–H and O–H groups in total. The molecule has 0 aromatic carbocycles. The van der Waals surface area contributed by atoms with Crippen LogP contribution in [0.3, 0.4) is 0 Å². The summed E-state index contributed by atoms with van der Waals surface area (Å²) >= 11 is 1.87. The van der Waals surface area contributed by atoms with Crippen molar-refractivity contribution in [3.63, 3.8) is 0 Å². The third-order valence-electron chi connectivity index (χ3n) is 5.73. The monoisotopic (exact) mass is 369 g/mol. The average Bonchev–Trinajstić information content (AvgIpc) is 3.14. The van der Waals surface area contributed by atoms with Gasteiger partial charge in [-0.3, -0.25) is 14.7 Å². The maximum absolute atomic E-state index is 13.2. The van der Waals surface area contributed by atoms with E-state index in [4.69, 9.17) is 0 Å². The number of nitrogens with zero attached hydrogens (tertiary/aromatic N) is 3. The topological polar surface area (TPSA) is 36.4 Å². The smallest absolute Gasteiger partial charge is 0.230 e. The van der Waals surface area contributed by atoms with Gasteiger partial charge in [-0.25, -0.2) is 0 Å². The molecule has 4 rings (SSSR count). The molecule has 0 aliphatic carbocycles. The summed E-state index contributed by atoms with van der Waals surface area (Å²) in [5.74, 6) is 0.341. The van der Waals surface area contributed by atoms with Crippen molar-refractivity contribution in [3.05, 3.63) is 51.5 Å². The first-order valence-corrected chi connectivity index (χ1v) is 10.4. The Morgan fingerprint density at radius 2 is 2.00 bits per heavy atom. The minimum atomic E-state index is -0.172. The molecule has 0 radical (unpaired) electrons. The molecule has 4 nitrogen and oxygen atoms in total. The summed E-state index contributed by atoms with van der Waals surface area (Å²) in [5.41, 5.74) is 1.84. The van der Waals surface area contributed by atoms with Crippen LogP contribution in [0.4, 0.5) is 0 Å². The number of piperidine rings is 1. The Labute approximate surface area is 159 Å². The molecule has 1 amide bonds. The quantitative estimate of drug-likeness (QED) is 0.823. The molecule has 2 fully saturated rings. The van der Waals surface area contributed by atoms with E-state index in [-0.39, 0.29) is 5.41 Å². The summed E-state index contributed by atoms with van der Waals surface area (Å²) in [6.45, 7) is 8.65. The van der Waals surface area contributed by atoms with Crippen LogP contribution in [0.25, 0.3) is 0 Å². The van der Waals surface area contributed by atoms with Crippen LogP contribution in [0, 0.1) is 19.3 Å². The third kappa shape index (κ3) is 3.55. The molecule has 2 aliphatic rings. The number of aromatic nitrogens is 1. The van der Waals surface area contributed by atoms with Gasteiger partial charge in [0.2, 0.25) is 5.91 Å². The van der Waals surface area contributed by atoms with Crippen molar-refractivity contribution in [2.24, 2.45) is 5.41 Å². The van der Waals surface area contributed by atoms with Crippen molar-refractivity contribution in [1.82, 2.24) is 14.8 Å². The minimum absolute atomic E-state index is 0.172. The van der Waals surface area contributed by atoms with E-state index in [1.165, 1.54) is 9.75 Å². The van der Waals surface area contributed by atoms with Gasteiger partial charge in [-0.1, -0.05) is 6.07 Å². The Hall–Kier alpha value is -1.72. The summed E-state index contributed by atoms with van der Waals surface area (Å²) in [4.78, 5) is 25.1. The number of rotatable bonds is 4. The summed E-state index contributed by atoms with van der Waals surface area (Å²) in [6, 6.07) is 10.5. The van der Waals surface area contributed by atoms with Crippen molar-refractivity contribution >= 4 is 17.2 Å². The zero-order chi connectivity index (χ0) is 18.1. The lowest BCUT2D eigenvalue weighted by molar-refractivity contribution is -0.139. The standard InChI is InChI=1S/C21H27N3OS/c1-16-5-3-6-18(22-16)13-24-12-10-21(20(24)25)9-4-11-23(15-21)14-19-8-7-17(2)26-19/h3,5-8H,4,9-15H2,1-2H3/t21-/m0/s1. The van der Waals surface area contributed by atoms with Gasteiger partial charge in [-0.2, -0.15) is 0 Å². The molecule has 2 aromatic heterocycles. The molecule has 0 saturated carbocycles. The summed E-state index contributed by atoms with van der Waals surface area (Å²) < 4.78 is 0. The Bertz CT molecular complexity index is 802. The molecular weight excluding hydrogens is 342 g/mol. The highest BCUT2D eigenvalue weighted by atomic mass is 32.1. The Kier molecular flexibility index (Phi) is 4.84. The predicted molar refractivity (Wildman–Crippen MR) is 105 cm³/mol. The number of thiophene rings is 1. The Morgan fingerprint density at radius 1 is 1.12 bits per heavy atom. The van der Waals surface area contributed by atoms with Crippen LogP contribution >= 0.6 is 11.3 Å². The number of likely N-dealkylation sites (tertiary alicyclic amines) is 2. The number of hydrogen-bond acceptors (Lipinski definition) is 4. The molecular formula is C21H27N3OS. The van der Waals surface area contributed by atoms with E-state index in [0.29, 0.717) is 12.5 Å². The molecule has 4 heterocycles. The molecule has 138 valence electrons. The van der Waals surface area contributed by atoms with Crippen LogP contribution in [0.15, 0.2) is 30.3 Å². The molecule has 2 aromatic rings. The van der Waals surface area contributed by atoms with Gasteiger partial charge in [-0.05, 0) is 63.9 Å².